The second kappa shape index (κ2) is 6.07. The Balaban J connectivity index is 1.68. The molecule has 20 heavy (non-hydrogen) atoms. The lowest BCUT2D eigenvalue weighted by Gasteiger charge is -2.57. The van der Waals surface area contributed by atoms with E-state index >= 15 is 0 Å². The van der Waals surface area contributed by atoms with Gasteiger partial charge in [0.25, 0.3) is 0 Å². The highest BCUT2D eigenvalue weighted by atomic mass is 32.2. The van der Waals surface area contributed by atoms with Crippen LogP contribution in [0.2, 0.25) is 0 Å². The molecule has 0 aliphatic carbocycles. The Morgan fingerprint density at radius 1 is 1.50 bits per heavy atom. The van der Waals surface area contributed by atoms with E-state index in [1.807, 2.05) is 0 Å². The zero-order chi connectivity index (χ0) is 14.8. The number of nitrogens with zero attached hydrogens (tertiary/aromatic N) is 1. The third kappa shape index (κ3) is 3.37. The van der Waals surface area contributed by atoms with Crippen LogP contribution in [0.4, 0.5) is 0 Å². The van der Waals surface area contributed by atoms with Crippen LogP contribution in [-0.2, 0) is 29.8 Å². The normalized spacial score (nSPS) is 22.9. The smallest absolute Gasteiger partial charge is 0.313 e. The van der Waals surface area contributed by atoms with Crippen molar-refractivity contribution in [2.24, 2.45) is 5.41 Å². The highest BCUT2D eigenvalue weighted by Crippen LogP contribution is 2.36. The molecule has 2 saturated heterocycles. The topological polar surface area (TPSA) is 85.3 Å². The Hall–Kier alpha value is -0.540. The van der Waals surface area contributed by atoms with Crippen LogP contribution in [0.5, 0.6) is 0 Å². The van der Waals surface area contributed by atoms with Crippen LogP contribution in [-0.4, -0.2) is 64.7 Å². The van der Waals surface area contributed by atoms with Crippen molar-refractivity contribution < 1.29 is 27.2 Å². The van der Waals surface area contributed by atoms with Crippen molar-refractivity contribution in [1.82, 2.24) is 4.90 Å². The lowest BCUT2D eigenvalue weighted by Crippen LogP contribution is -2.71. The summed E-state index contributed by atoms with van der Waals surface area (Å²) in [6, 6.07) is 0. The molecule has 116 valence electrons. The zero-order valence-corrected chi connectivity index (χ0v) is 12.6. The van der Waals surface area contributed by atoms with Gasteiger partial charge in [-0.2, -0.15) is 4.21 Å². The Bertz CT molecular complexity index is 390. The summed E-state index contributed by atoms with van der Waals surface area (Å²) in [5, 5.41) is 0. The average Bonchev–Trinajstić information content (AvgIpc) is 2.28. The molecule has 1 atom stereocenters. The fourth-order valence-electron chi connectivity index (χ4n) is 2.30. The lowest BCUT2D eigenvalue weighted by atomic mass is 9.83. The van der Waals surface area contributed by atoms with Crippen molar-refractivity contribution >= 4 is 17.3 Å². The first-order valence-corrected chi connectivity index (χ1v) is 7.63. The zero-order valence-electron chi connectivity index (χ0n) is 11.8. The van der Waals surface area contributed by atoms with Crippen LogP contribution in [0.15, 0.2) is 0 Å². The third-order valence-corrected chi connectivity index (χ3v) is 4.25. The highest BCUT2D eigenvalue weighted by molar-refractivity contribution is 7.74. The summed E-state index contributed by atoms with van der Waals surface area (Å²) in [5.41, 5.74) is -0.747. The molecule has 2 heterocycles. The summed E-state index contributed by atoms with van der Waals surface area (Å²) in [6.45, 7) is 6.63. The van der Waals surface area contributed by atoms with E-state index in [4.69, 9.17) is 14.0 Å². The van der Waals surface area contributed by atoms with E-state index in [0.717, 1.165) is 26.2 Å². The standard InChI is InChI=1S/C12H21NO6S/c1-11(2,7-19-20(15)16)10(14)18-6-5-13-4-3-12(13)8-17-9-12/h3-9H2,1-2H3,(H,15,16). The summed E-state index contributed by atoms with van der Waals surface area (Å²) in [6.07, 6.45) is 1.14. The molecule has 7 nitrogen and oxygen atoms in total. The van der Waals surface area contributed by atoms with Gasteiger partial charge in [0.15, 0.2) is 0 Å². The van der Waals surface area contributed by atoms with Crippen molar-refractivity contribution in [2.75, 3.05) is 39.5 Å². The van der Waals surface area contributed by atoms with E-state index in [0.29, 0.717) is 13.2 Å². The summed E-state index contributed by atoms with van der Waals surface area (Å²) in [5.74, 6) is -0.428. The first-order valence-electron chi connectivity index (χ1n) is 6.60. The van der Waals surface area contributed by atoms with E-state index in [9.17, 15) is 9.00 Å². The fraction of sp³-hybridized carbons (Fsp3) is 0.917. The van der Waals surface area contributed by atoms with Crippen molar-refractivity contribution in [3.05, 3.63) is 0 Å². The molecule has 0 amide bonds. The molecule has 0 aromatic carbocycles. The summed E-state index contributed by atoms with van der Waals surface area (Å²) in [4.78, 5) is 14.2. The Kier molecular flexibility index (Phi) is 4.80. The molecule has 2 aliphatic rings. The molecule has 2 rings (SSSR count). The van der Waals surface area contributed by atoms with Crippen molar-refractivity contribution in [3.8, 4) is 0 Å². The SMILES string of the molecule is CC(C)(COS(=O)O)C(=O)OCCN1CCC12COC2. The molecule has 8 heteroatoms. The fourth-order valence-corrected chi connectivity index (χ4v) is 2.70. The summed E-state index contributed by atoms with van der Waals surface area (Å²) >= 11 is -2.37. The van der Waals surface area contributed by atoms with Crippen molar-refractivity contribution in [1.29, 1.82) is 0 Å². The maximum Gasteiger partial charge on any atom is 0.313 e. The molecule has 1 spiro atoms. The summed E-state index contributed by atoms with van der Waals surface area (Å²) in [7, 11) is 0. The molecule has 0 saturated carbocycles. The van der Waals surface area contributed by atoms with E-state index in [2.05, 4.69) is 9.08 Å². The molecule has 1 N–H and O–H groups in total. The molecule has 2 aliphatic heterocycles. The van der Waals surface area contributed by atoms with Crippen LogP contribution < -0.4 is 0 Å². The van der Waals surface area contributed by atoms with E-state index in [-0.39, 0.29) is 12.1 Å². The molecule has 0 aromatic heterocycles. The second-order valence-electron chi connectivity index (χ2n) is 5.95. The predicted octanol–water partition coefficient (Wildman–Crippen LogP) is 0.184. The van der Waals surface area contributed by atoms with Gasteiger partial charge in [-0.15, -0.1) is 0 Å². The molecular weight excluding hydrogens is 286 g/mol. The lowest BCUT2D eigenvalue weighted by molar-refractivity contribution is -0.197. The van der Waals surface area contributed by atoms with Crippen LogP contribution >= 0.6 is 0 Å². The minimum atomic E-state index is -2.37. The number of hydrogen-bond donors (Lipinski definition) is 1. The van der Waals surface area contributed by atoms with Gasteiger partial charge < -0.3 is 9.47 Å². The molecule has 0 bridgehead atoms. The third-order valence-electron chi connectivity index (χ3n) is 3.93. The van der Waals surface area contributed by atoms with Crippen LogP contribution in [0.3, 0.4) is 0 Å². The largest absolute Gasteiger partial charge is 0.464 e. The number of rotatable bonds is 7. The Labute approximate surface area is 121 Å². The highest BCUT2D eigenvalue weighted by Gasteiger charge is 2.50. The van der Waals surface area contributed by atoms with Gasteiger partial charge in [-0.25, -0.2) is 0 Å². The number of esters is 1. The number of ether oxygens (including phenoxy) is 2. The molecule has 0 aromatic rings. The monoisotopic (exact) mass is 307 g/mol. The van der Waals surface area contributed by atoms with Gasteiger partial charge in [-0.05, 0) is 20.3 Å². The Morgan fingerprint density at radius 3 is 2.65 bits per heavy atom. The molecule has 2 fully saturated rings. The minimum absolute atomic E-state index is 0.156. The molecule has 0 radical (unpaired) electrons. The predicted molar refractivity (Wildman–Crippen MR) is 71.2 cm³/mol. The van der Waals surface area contributed by atoms with Crippen LogP contribution in [0, 0.1) is 5.41 Å². The quantitative estimate of drug-likeness (QED) is 0.530. The first kappa shape index (κ1) is 15.8. The van der Waals surface area contributed by atoms with Gasteiger partial charge in [0, 0.05) is 13.1 Å². The first-order chi connectivity index (χ1) is 9.36. The second-order valence-corrected chi connectivity index (χ2v) is 6.62. The van der Waals surface area contributed by atoms with Gasteiger partial charge in [-0.1, -0.05) is 0 Å². The molecule has 1 unspecified atom stereocenters. The van der Waals surface area contributed by atoms with E-state index in [1.165, 1.54) is 0 Å². The van der Waals surface area contributed by atoms with Gasteiger partial charge in [0.1, 0.15) is 6.61 Å². The summed E-state index contributed by atoms with van der Waals surface area (Å²) < 4.78 is 34.0. The van der Waals surface area contributed by atoms with Crippen LogP contribution in [0.25, 0.3) is 0 Å². The van der Waals surface area contributed by atoms with Gasteiger partial charge in [0.2, 0.25) is 0 Å². The van der Waals surface area contributed by atoms with Gasteiger partial charge in [-0.3, -0.25) is 18.4 Å². The maximum absolute atomic E-state index is 11.9. The molecular formula is C12H21NO6S. The van der Waals surface area contributed by atoms with Gasteiger partial charge >= 0.3 is 17.3 Å². The number of likely N-dealkylation sites (tertiary alicyclic amines) is 1. The maximum atomic E-state index is 11.9. The van der Waals surface area contributed by atoms with Crippen molar-refractivity contribution in [2.45, 2.75) is 25.8 Å². The number of hydrogen-bond acceptors (Lipinski definition) is 6. The minimum Gasteiger partial charge on any atom is -0.464 e. The van der Waals surface area contributed by atoms with Gasteiger partial charge in [0.05, 0.1) is 30.8 Å². The number of carbonyl (C=O) groups is 1. The van der Waals surface area contributed by atoms with Crippen molar-refractivity contribution in [3.63, 3.8) is 0 Å². The number of carbonyl (C=O) groups excluding carboxylic acids is 1. The average molecular weight is 307 g/mol. The Morgan fingerprint density at radius 2 is 2.20 bits per heavy atom. The van der Waals surface area contributed by atoms with E-state index in [1.54, 1.807) is 13.8 Å². The van der Waals surface area contributed by atoms with Crippen LogP contribution in [0.1, 0.15) is 20.3 Å². The van der Waals surface area contributed by atoms with E-state index < -0.39 is 22.7 Å².